The van der Waals surface area contributed by atoms with E-state index in [2.05, 4.69) is 10.2 Å². The number of amides is 1. The van der Waals surface area contributed by atoms with Crippen molar-refractivity contribution in [2.45, 2.75) is 9.79 Å². The van der Waals surface area contributed by atoms with E-state index in [1.54, 1.807) is 23.9 Å². The lowest BCUT2D eigenvalue weighted by molar-refractivity contribution is -0.117. The summed E-state index contributed by atoms with van der Waals surface area (Å²) in [6.45, 7) is 3.12. The van der Waals surface area contributed by atoms with E-state index < -0.39 is 0 Å². The van der Waals surface area contributed by atoms with Crippen LogP contribution in [0, 0.1) is 5.82 Å². The molecule has 3 aromatic rings. The van der Waals surface area contributed by atoms with Crippen molar-refractivity contribution in [3.05, 3.63) is 83.6 Å². The van der Waals surface area contributed by atoms with Crippen molar-refractivity contribution in [1.29, 1.82) is 0 Å². The number of anilines is 2. The van der Waals surface area contributed by atoms with Crippen molar-refractivity contribution in [2.24, 2.45) is 0 Å². The molecule has 1 N–H and O–H groups in total. The van der Waals surface area contributed by atoms with Gasteiger partial charge >= 0.3 is 0 Å². The van der Waals surface area contributed by atoms with Gasteiger partial charge in [-0.1, -0.05) is 47.6 Å². The van der Waals surface area contributed by atoms with Gasteiger partial charge in [0.2, 0.25) is 5.91 Å². The lowest BCUT2D eigenvalue weighted by Crippen LogP contribution is -2.48. The van der Waals surface area contributed by atoms with E-state index >= 15 is 0 Å². The average Bonchev–Trinajstić information content (AvgIpc) is 2.78. The lowest BCUT2D eigenvalue weighted by Gasteiger charge is -2.35. The first-order chi connectivity index (χ1) is 15.1. The van der Waals surface area contributed by atoms with Crippen molar-refractivity contribution < 1.29 is 9.18 Å². The maximum atomic E-state index is 14.0. The maximum Gasteiger partial charge on any atom is 0.238 e. The molecule has 31 heavy (non-hydrogen) atoms. The fourth-order valence-electron chi connectivity index (χ4n) is 3.54. The highest BCUT2D eigenvalue weighted by Gasteiger charge is 2.21. The van der Waals surface area contributed by atoms with Gasteiger partial charge in [-0.25, -0.2) is 4.39 Å². The summed E-state index contributed by atoms with van der Waals surface area (Å²) >= 11 is 7.55. The molecule has 0 saturated carbocycles. The number of halogens is 2. The molecule has 0 aromatic heterocycles. The SMILES string of the molecule is O=C(CN1CCN(c2ccccc2F)CC1)Nc1ccccc1Sc1ccc(Cl)cc1. The number of hydrogen-bond donors (Lipinski definition) is 1. The summed E-state index contributed by atoms with van der Waals surface area (Å²) in [5.74, 6) is -0.257. The van der Waals surface area contributed by atoms with Gasteiger partial charge in [0.25, 0.3) is 0 Å². The molecule has 0 aliphatic carbocycles. The van der Waals surface area contributed by atoms with E-state index in [-0.39, 0.29) is 11.7 Å². The minimum atomic E-state index is -0.205. The Kier molecular flexibility index (Phi) is 7.12. The standard InChI is InChI=1S/C24H23ClFN3OS/c25-18-9-11-19(12-10-18)31-23-8-4-2-6-21(23)27-24(30)17-28-13-15-29(16-14-28)22-7-3-1-5-20(22)26/h1-12H,13-17H2,(H,27,30). The van der Waals surface area contributed by atoms with Gasteiger partial charge in [0, 0.05) is 41.0 Å². The summed E-state index contributed by atoms with van der Waals surface area (Å²) in [6.07, 6.45) is 0. The van der Waals surface area contributed by atoms with E-state index in [0.29, 0.717) is 43.4 Å². The molecule has 1 saturated heterocycles. The molecule has 3 aromatic carbocycles. The van der Waals surface area contributed by atoms with Crippen LogP contribution in [-0.2, 0) is 4.79 Å². The second kappa shape index (κ2) is 10.2. The first-order valence-electron chi connectivity index (χ1n) is 10.1. The lowest BCUT2D eigenvalue weighted by atomic mass is 10.2. The Labute approximate surface area is 191 Å². The second-order valence-corrected chi connectivity index (χ2v) is 8.87. The number of nitrogens with zero attached hydrogens (tertiary/aromatic N) is 2. The van der Waals surface area contributed by atoms with Crippen LogP contribution >= 0.6 is 23.4 Å². The molecule has 7 heteroatoms. The normalized spacial score (nSPS) is 14.5. The molecule has 4 nitrogen and oxygen atoms in total. The van der Waals surface area contributed by atoms with Crippen molar-refractivity contribution in [3.8, 4) is 0 Å². The van der Waals surface area contributed by atoms with Crippen molar-refractivity contribution >= 4 is 40.6 Å². The van der Waals surface area contributed by atoms with Crippen molar-refractivity contribution in [2.75, 3.05) is 42.9 Å². The Balaban J connectivity index is 1.32. The van der Waals surface area contributed by atoms with Gasteiger partial charge in [-0.3, -0.25) is 9.69 Å². The molecular formula is C24H23ClFN3OS. The minimum absolute atomic E-state index is 0.0523. The van der Waals surface area contributed by atoms with Crippen LogP contribution < -0.4 is 10.2 Å². The highest BCUT2D eigenvalue weighted by Crippen LogP contribution is 2.33. The van der Waals surface area contributed by atoms with E-state index in [4.69, 9.17) is 11.6 Å². The first kappa shape index (κ1) is 21.7. The Morgan fingerprint density at radius 2 is 1.61 bits per heavy atom. The fraction of sp³-hybridized carbons (Fsp3) is 0.208. The summed E-state index contributed by atoms with van der Waals surface area (Å²) in [7, 11) is 0. The van der Waals surface area contributed by atoms with Crippen LogP contribution in [0.5, 0.6) is 0 Å². The summed E-state index contributed by atoms with van der Waals surface area (Å²) in [6, 6.07) is 22.2. The molecule has 1 heterocycles. The quantitative estimate of drug-likeness (QED) is 0.540. The summed E-state index contributed by atoms with van der Waals surface area (Å²) < 4.78 is 14.0. The highest BCUT2D eigenvalue weighted by molar-refractivity contribution is 7.99. The van der Waals surface area contributed by atoms with Gasteiger partial charge in [0.1, 0.15) is 5.82 Å². The molecule has 1 aliphatic heterocycles. The molecule has 1 aliphatic rings. The average molecular weight is 456 g/mol. The Bertz CT molecular complexity index is 1040. The number of piperazine rings is 1. The minimum Gasteiger partial charge on any atom is -0.367 e. The zero-order valence-electron chi connectivity index (χ0n) is 16.9. The van der Waals surface area contributed by atoms with E-state index in [1.165, 1.54) is 6.07 Å². The molecule has 0 spiro atoms. The van der Waals surface area contributed by atoms with Gasteiger partial charge in [-0.15, -0.1) is 0 Å². The van der Waals surface area contributed by atoms with Crippen molar-refractivity contribution in [3.63, 3.8) is 0 Å². The topological polar surface area (TPSA) is 35.6 Å². The monoisotopic (exact) mass is 455 g/mol. The zero-order valence-corrected chi connectivity index (χ0v) is 18.5. The van der Waals surface area contributed by atoms with Crippen LogP contribution in [0.15, 0.2) is 82.6 Å². The van der Waals surface area contributed by atoms with Crippen LogP contribution in [0.4, 0.5) is 15.8 Å². The zero-order chi connectivity index (χ0) is 21.6. The smallest absolute Gasteiger partial charge is 0.238 e. The third kappa shape index (κ3) is 5.79. The Hall–Kier alpha value is -2.54. The molecule has 0 unspecified atom stereocenters. The van der Waals surface area contributed by atoms with E-state index in [0.717, 1.165) is 15.5 Å². The van der Waals surface area contributed by atoms with Gasteiger partial charge in [0.05, 0.1) is 17.9 Å². The number of nitrogens with one attached hydrogen (secondary N) is 1. The molecule has 0 radical (unpaired) electrons. The molecule has 0 atom stereocenters. The van der Waals surface area contributed by atoms with Crippen molar-refractivity contribution in [1.82, 2.24) is 4.90 Å². The van der Waals surface area contributed by atoms with E-state index in [9.17, 15) is 9.18 Å². The number of hydrogen-bond acceptors (Lipinski definition) is 4. The molecule has 1 amide bonds. The number of rotatable bonds is 6. The highest BCUT2D eigenvalue weighted by atomic mass is 35.5. The molecule has 4 rings (SSSR count). The van der Waals surface area contributed by atoms with Crippen LogP contribution in [0.1, 0.15) is 0 Å². The van der Waals surface area contributed by atoms with Gasteiger partial charge < -0.3 is 10.2 Å². The van der Waals surface area contributed by atoms with Gasteiger partial charge in [-0.2, -0.15) is 0 Å². The predicted molar refractivity (Wildman–Crippen MR) is 126 cm³/mol. The molecular weight excluding hydrogens is 433 g/mol. The fourth-order valence-corrected chi connectivity index (χ4v) is 4.56. The predicted octanol–water partition coefficient (Wildman–Crippen LogP) is 5.39. The molecule has 1 fully saturated rings. The second-order valence-electron chi connectivity index (χ2n) is 7.31. The number of benzene rings is 3. The number of para-hydroxylation sites is 2. The Morgan fingerprint density at radius 1 is 0.935 bits per heavy atom. The summed E-state index contributed by atoms with van der Waals surface area (Å²) in [5, 5.41) is 3.74. The van der Waals surface area contributed by atoms with E-state index in [1.807, 2.05) is 59.5 Å². The van der Waals surface area contributed by atoms with Gasteiger partial charge in [0.15, 0.2) is 0 Å². The van der Waals surface area contributed by atoms with Gasteiger partial charge in [-0.05, 0) is 48.5 Å². The van der Waals surface area contributed by atoms with Crippen LogP contribution in [0.3, 0.4) is 0 Å². The maximum absolute atomic E-state index is 14.0. The third-order valence-electron chi connectivity index (χ3n) is 5.14. The Morgan fingerprint density at radius 3 is 2.35 bits per heavy atom. The van der Waals surface area contributed by atoms with Crippen LogP contribution in [-0.4, -0.2) is 43.5 Å². The summed E-state index contributed by atoms with van der Waals surface area (Å²) in [4.78, 5) is 18.8. The first-order valence-corrected chi connectivity index (χ1v) is 11.3. The molecule has 160 valence electrons. The number of carbonyl (C=O) groups excluding carboxylic acids is 1. The van der Waals surface area contributed by atoms with Crippen LogP contribution in [0.2, 0.25) is 5.02 Å². The largest absolute Gasteiger partial charge is 0.367 e. The number of carbonyl (C=O) groups is 1. The van der Waals surface area contributed by atoms with Crippen LogP contribution in [0.25, 0.3) is 0 Å². The summed E-state index contributed by atoms with van der Waals surface area (Å²) in [5.41, 5.74) is 1.41. The molecule has 0 bridgehead atoms. The third-order valence-corrected chi connectivity index (χ3v) is 6.47.